The molecule has 14 nitrogen and oxygen atoms in total. The zero-order valence-electron chi connectivity index (χ0n) is 30.7. The maximum absolute atomic E-state index is 12.8. The van der Waals surface area contributed by atoms with Gasteiger partial charge >= 0.3 is 17.9 Å². The maximum atomic E-state index is 12.8. The molecule has 1 amide bonds. The average Bonchev–Trinajstić information content (AvgIpc) is 3.14. The highest BCUT2D eigenvalue weighted by molar-refractivity contribution is 6.64. The van der Waals surface area contributed by atoms with Gasteiger partial charge in [0.15, 0.2) is 5.78 Å². The fraction of sp³-hybridized carbons (Fsp3) is 0.184. The van der Waals surface area contributed by atoms with E-state index in [4.69, 9.17) is 22.4 Å². The van der Waals surface area contributed by atoms with Crippen molar-refractivity contribution in [3.8, 4) is 5.69 Å². The summed E-state index contributed by atoms with van der Waals surface area (Å²) < 4.78 is 51.5. The van der Waals surface area contributed by atoms with Crippen LogP contribution in [0, 0.1) is 24.4 Å². The number of hydrogen-bond donors (Lipinski definition) is 3. The molecule has 0 aliphatic rings. The maximum Gasteiger partial charge on any atom is 0.341 e. The number of nitrogen functional groups attached to an aromatic ring is 1. The molecule has 0 saturated carbocycles. The predicted octanol–water partition coefficient (Wildman–Crippen LogP) is 5.77. The van der Waals surface area contributed by atoms with E-state index in [-0.39, 0.29) is 35.8 Å². The molecule has 3 aromatic carbocycles. The number of nitrogens with zero attached hydrogens (tertiary/aromatic N) is 1. The zero-order valence-corrected chi connectivity index (χ0v) is 31.5. The number of ketones is 1. The largest absolute Gasteiger partial charge is 0.504 e. The van der Waals surface area contributed by atoms with Crippen molar-refractivity contribution in [1.29, 1.82) is 0 Å². The van der Waals surface area contributed by atoms with Crippen LogP contribution < -0.4 is 16.6 Å². The molecule has 0 radical (unpaired) electrons. The van der Waals surface area contributed by atoms with Crippen LogP contribution in [0.2, 0.25) is 0 Å². The predicted molar refractivity (Wildman–Crippen MR) is 200 cm³/mol. The molecule has 0 fully saturated rings. The van der Waals surface area contributed by atoms with Crippen LogP contribution in [0.4, 0.5) is 24.5 Å². The summed E-state index contributed by atoms with van der Waals surface area (Å²) in [6.45, 7) is 3.14. The number of pyridine rings is 1. The second kappa shape index (κ2) is 26.9. The second-order valence-corrected chi connectivity index (χ2v) is 10.8. The van der Waals surface area contributed by atoms with Gasteiger partial charge in [0, 0.05) is 28.8 Å². The molecule has 4 aromatic rings. The highest BCUT2D eigenvalue weighted by Crippen LogP contribution is 2.11. The van der Waals surface area contributed by atoms with E-state index in [0.717, 1.165) is 0 Å². The van der Waals surface area contributed by atoms with Crippen LogP contribution in [-0.2, 0) is 38.2 Å². The first kappa shape index (κ1) is 49.2. The topological polar surface area (TPSA) is 210 Å². The minimum absolute atomic E-state index is 0.00171. The number of nitrogens with one attached hydrogen (secondary N) is 1. The number of benzene rings is 3. The van der Waals surface area contributed by atoms with Crippen molar-refractivity contribution < 1.29 is 61.3 Å². The van der Waals surface area contributed by atoms with E-state index in [1.807, 2.05) is 0 Å². The number of aryl methyl sites for hydroxylation is 1. The number of methoxy groups -OCH3 is 3. The number of anilines is 2. The van der Waals surface area contributed by atoms with E-state index in [1.54, 1.807) is 6.92 Å². The number of aromatic nitrogens is 1. The summed E-state index contributed by atoms with van der Waals surface area (Å²) in [4.78, 5) is 74.8. The van der Waals surface area contributed by atoms with Gasteiger partial charge in [0.25, 0.3) is 5.56 Å². The number of carbonyl (C=O) groups is 6. The zero-order chi connectivity index (χ0) is 42.8. The lowest BCUT2D eigenvalue weighted by Crippen LogP contribution is -2.26. The fourth-order valence-corrected chi connectivity index (χ4v) is 3.57. The number of hydrogen-bond acceptors (Lipinski definition) is 11. The average molecular weight is 806 g/mol. The van der Waals surface area contributed by atoms with Crippen LogP contribution in [0.15, 0.2) is 102 Å². The summed E-state index contributed by atoms with van der Waals surface area (Å²) in [6.07, 6.45) is 2.01. The Morgan fingerprint density at radius 1 is 0.768 bits per heavy atom. The highest BCUT2D eigenvalue weighted by Gasteiger charge is 2.13. The van der Waals surface area contributed by atoms with E-state index < -0.39 is 40.4 Å². The molecule has 300 valence electrons. The van der Waals surface area contributed by atoms with Crippen molar-refractivity contribution in [3.63, 3.8) is 0 Å². The van der Waals surface area contributed by atoms with Gasteiger partial charge in [0.1, 0.15) is 35.9 Å². The Bertz CT molecular complexity index is 1970. The van der Waals surface area contributed by atoms with Gasteiger partial charge < -0.3 is 30.4 Å². The monoisotopic (exact) mass is 805 g/mol. The molecule has 0 atom stereocenters. The molecular weight excluding hydrogens is 767 g/mol. The van der Waals surface area contributed by atoms with E-state index in [2.05, 4.69) is 19.5 Å². The Kier molecular flexibility index (Phi) is 23.7. The fourth-order valence-electron chi connectivity index (χ4n) is 3.46. The second-order valence-electron chi connectivity index (χ2n) is 10.4. The quantitative estimate of drug-likeness (QED) is 0.0460. The van der Waals surface area contributed by atoms with Crippen molar-refractivity contribution in [2.75, 3.05) is 32.4 Å². The number of esters is 2. The number of rotatable bonds is 9. The summed E-state index contributed by atoms with van der Waals surface area (Å²) >= 11 is 4.81. The number of amides is 1. The van der Waals surface area contributed by atoms with Crippen LogP contribution in [0.3, 0.4) is 0 Å². The molecule has 1 aromatic heterocycles. The lowest BCUT2D eigenvalue weighted by atomic mass is 10.2. The third-order valence-electron chi connectivity index (χ3n) is 6.07. The Hall–Kier alpha value is -6.75. The standard InChI is InChI=1S/C13H10FNO3.C10H10FNO3.C6H6FN.C5H8O2.C4H5ClO3/c1-8-2-7-11(13(17)18)12(16)15(8)10-5-3-9(14)4-6-10;1-15-10(14)6-9(13)12-8-4-2-7(11)3-5-8;7-5-1-3-6(8)4-2-5;1-5(6)3-4-7-2;1-8-4(7)2-3(5)6/h2-7H,1H3,(H,17,18);2-5H,6H2,1H3,(H,12,13);1-4H,8H2;3-4H,1-2H3;2H2,1H3/b;;;4-3+;. The number of allylic oxidation sites excluding steroid dienone is 1. The van der Waals surface area contributed by atoms with Crippen molar-refractivity contribution in [1.82, 2.24) is 4.57 Å². The SMILES string of the molecule is CO/C=C/C(C)=O.COC(=O)CC(=O)Cl.COC(=O)CC(=O)Nc1ccc(F)cc1.Cc1ccc(C(=O)O)c(=O)n1-c1ccc(F)cc1.Nc1ccc(F)cc1. The van der Waals surface area contributed by atoms with Crippen LogP contribution in [0.5, 0.6) is 0 Å². The third-order valence-corrected chi connectivity index (χ3v) is 6.21. The minimum atomic E-state index is -1.28. The smallest absolute Gasteiger partial charge is 0.341 e. The van der Waals surface area contributed by atoms with Gasteiger partial charge in [-0.15, -0.1) is 0 Å². The minimum Gasteiger partial charge on any atom is -0.504 e. The number of ether oxygens (including phenoxy) is 3. The first-order chi connectivity index (χ1) is 26.3. The van der Waals surface area contributed by atoms with Gasteiger partial charge in [0.05, 0.1) is 27.6 Å². The molecule has 0 aliphatic carbocycles. The van der Waals surface area contributed by atoms with Gasteiger partial charge in [-0.25, -0.2) is 18.0 Å². The van der Waals surface area contributed by atoms with E-state index >= 15 is 0 Å². The van der Waals surface area contributed by atoms with Crippen LogP contribution in [-0.4, -0.2) is 65.8 Å². The summed E-state index contributed by atoms with van der Waals surface area (Å²) in [7, 11) is 3.90. The van der Waals surface area contributed by atoms with Gasteiger partial charge in [0.2, 0.25) is 11.1 Å². The molecule has 0 unspecified atom stereocenters. The van der Waals surface area contributed by atoms with E-state index in [0.29, 0.717) is 22.8 Å². The van der Waals surface area contributed by atoms with Crippen LogP contribution in [0.25, 0.3) is 5.69 Å². The molecule has 0 aliphatic heterocycles. The Morgan fingerprint density at radius 3 is 1.61 bits per heavy atom. The van der Waals surface area contributed by atoms with Gasteiger partial charge in [-0.2, -0.15) is 0 Å². The molecule has 0 bridgehead atoms. The number of carbonyl (C=O) groups excluding carboxylic acids is 5. The van der Waals surface area contributed by atoms with Crippen molar-refractivity contribution in [2.24, 2.45) is 0 Å². The van der Waals surface area contributed by atoms with Crippen LogP contribution >= 0.6 is 11.6 Å². The van der Waals surface area contributed by atoms with E-state index in [9.17, 15) is 46.7 Å². The number of carboxylic acid groups (broad SMARTS) is 1. The number of aromatic carboxylic acids is 1. The first-order valence-electron chi connectivity index (χ1n) is 15.6. The molecule has 4 rings (SSSR count). The number of halogens is 4. The normalized spacial score (nSPS) is 9.52. The summed E-state index contributed by atoms with van der Waals surface area (Å²) in [5, 5.41) is 10.6. The Morgan fingerprint density at radius 2 is 1.23 bits per heavy atom. The lowest BCUT2D eigenvalue weighted by molar-refractivity contribution is -0.143. The van der Waals surface area contributed by atoms with E-state index in [1.165, 1.54) is 130 Å². The summed E-state index contributed by atoms with van der Waals surface area (Å²) in [5.74, 6) is -4.05. The lowest BCUT2D eigenvalue weighted by Gasteiger charge is -2.10. The van der Waals surface area contributed by atoms with Crippen molar-refractivity contribution >= 4 is 57.8 Å². The number of carboxylic acids is 1. The number of nitrogens with two attached hydrogens (primary N) is 1. The third kappa shape index (κ3) is 21.7. The van der Waals surface area contributed by atoms with Gasteiger partial charge in [-0.05, 0) is 110 Å². The Balaban J connectivity index is 0.000000715. The molecule has 56 heavy (non-hydrogen) atoms. The molecule has 0 saturated heterocycles. The first-order valence-corrected chi connectivity index (χ1v) is 16.0. The van der Waals surface area contributed by atoms with Crippen molar-refractivity contribution in [2.45, 2.75) is 26.7 Å². The molecular formula is C38H39ClF3N3O11. The summed E-state index contributed by atoms with van der Waals surface area (Å²) in [5.41, 5.74) is 6.35. The summed E-state index contributed by atoms with van der Waals surface area (Å²) in [6, 6.07) is 19.0. The van der Waals surface area contributed by atoms with Gasteiger partial charge in [-0.3, -0.25) is 33.3 Å². The molecule has 4 N–H and O–H groups in total. The molecule has 18 heteroatoms. The van der Waals surface area contributed by atoms with Gasteiger partial charge in [-0.1, -0.05) is 0 Å². The van der Waals surface area contributed by atoms with Crippen LogP contribution in [0.1, 0.15) is 35.8 Å². The Labute approximate surface area is 324 Å². The molecule has 1 heterocycles. The molecule has 0 spiro atoms. The van der Waals surface area contributed by atoms with Crippen molar-refractivity contribution in [3.05, 3.63) is 136 Å². The highest BCUT2D eigenvalue weighted by atomic mass is 35.5.